The Kier molecular flexibility index (Phi) is 6.28. The van der Waals surface area contributed by atoms with Gasteiger partial charge in [0.05, 0.1) is 29.6 Å². The molecule has 0 saturated carbocycles. The van der Waals surface area contributed by atoms with Gasteiger partial charge in [0.15, 0.2) is 11.4 Å². The standard InChI is InChI=1S/C24H18ClN3O5/c1-32-17-8-5-9-18(13-17)33-21-14-26-28(20-11-3-2-10-19(20)25)23(29)22(21)27-16-7-4-6-15(12-16)24(30)31/h2-14,27H,1H3,(H,30,31). The summed E-state index contributed by atoms with van der Waals surface area (Å²) in [5.41, 5.74) is 0.356. The molecular weight excluding hydrogens is 446 g/mol. The van der Waals surface area contributed by atoms with Crippen molar-refractivity contribution in [1.29, 1.82) is 0 Å². The third-order valence-electron chi connectivity index (χ3n) is 4.67. The zero-order valence-corrected chi connectivity index (χ0v) is 18.1. The number of hydrogen-bond acceptors (Lipinski definition) is 6. The van der Waals surface area contributed by atoms with E-state index in [-0.39, 0.29) is 17.0 Å². The molecule has 0 unspecified atom stereocenters. The van der Waals surface area contributed by atoms with Crippen molar-refractivity contribution >= 4 is 28.9 Å². The highest BCUT2D eigenvalue weighted by Crippen LogP contribution is 2.31. The van der Waals surface area contributed by atoms with Gasteiger partial charge in [0.25, 0.3) is 5.56 Å². The van der Waals surface area contributed by atoms with E-state index in [1.54, 1.807) is 60.7 Å². The first kappa shape index (κ1) is 21.9. The Morgan fingerprint density at radius 3 is 2.55 bits per heavy atom. The van der Waals surface area contributed by atoms with Crippen molar-refractivity contribution in [2.75, 3.05) is 12.4 Å². The first-order valence-electron chi connectivity index (χ1n) is 9.76. The highest BCUT2D eigenvalue weighted by Gasteiger charge is 2.17. The summed E-state index contributed by atoms with van der Waals surface area (Å²) >= 11 is 6.27. The second-order valence-electron chi connectivity index (χ2n) is 6.84. The molecule has 1 aromatic heterocycles. The first-order chi connectivity index (χ1) is 16.0. The summed E-state index contributed by atoms with van der Waals surface area (Å²) in [7, 11) is 1.54. The second-order valence-corrected chi connectivity index (χ2v) is 7.25. The van der Waals surface area contributed by atoms with Crippen LogP contribution in [0, 0.1) is 0 Å². The van der Waals surface area contributed by atoms with Crippen LogP contribution in [0.5, 0.6) is 17.2 Å². The Hall–Kier alpha value is -4.30. The van der Waals surface area contributed by atoms with E-state index in [1.165, 1.54) is 25.4 Å². The van der Waals surface area contributed by atoms with Crippen LogP contribution >= 0.6 is 11.6 Å². The monoisotopic (exact) mass is 463 g/mol. The lowest BCUT2D eigenvalue weighted by atomic mass is 10.2. The molecule has 166 valence electrons. The Morgan fingerprint density at radius 1 is 1.03 bits per heavy atom. The highest BCUT2D eigenvalue weighted by molar-refractivity contribution is 6.32. The van der Waals surface area contributed by atoms with Gasteiger partial charge in [-0.25, -0.2) is 4.79 Å². The summed E-state index contributed by atoms with van der Waals surface area (Å²) in [6.07, 6.45) is 1.38. The predicted molar refractivity (Wildman–Crippen MR) is 125 cm³/mol. The van der Waals surface area contributed by atoms with E-state index in [2.05, 4.69) is 10.4 Å². The summed E-state index contributed by atoms with van der Waals surface area (Å²) in [6.45, 7) is 0. The lowest BCUT2D eigenvalue weighted by molar-refractivity contribution is 0.0697. The summed E-state index contributed by atoms with van der Waals surface area (Å²) < 4.78 is 12.3. The molecule has 1 heterocycles. The molecule has 0 bridgehead atoms. The van der Waals surface area contributed by atoms with Crippen molar-refractivity contribution in [3.05, 3.63) is 99.9 Å². The van der Waals surface area contributed by atoms with Crippen LogP contribution in [0.4, 0.5) is 11.4 Å². The normalized spacial score (nSPS) is 10.5. The first-order valence-corrected chi connectivity index (χ1v) is 10.1. The lowest BCUT2D eigenvalue weighted by Crippen LogP contribution is -2.24. The number of anilines is 2. The van der Waals surface area contributed by atoms with E-state index in [0.717, 1.165) is 4.68 Å². The molecule has 0 amide bonds. The molecule has 0 spiro atoms. The maximum Gasteiger partial charge on any atom is 0.335 e. The molecule has 0 atom stereocenters. The van der Waals surface area contributed by atoms with Gasteiger partial charge in [-0.15, -0.1) is 0 Å². The van der Waals surface area contributed by atoms with Crippen LogP contribution in [0.1, 0.15) is 10.4 Å². The molecule has 2 N–H and O–H groups in total. The Labute approximate surface area is 193 Å². The number of nitrogens with zero attached hydrogens (tertiary/aromatic N) is 2. The number of carbonyl (C=O) groups is 1. The van der Waals surface area contributed by atoms with Crippen molar-refractivity contribution in [1.82, 2.24) is 9.78 Å². The number of hydrogen-bond donors (Lipinski definition) is 2. The van der Waals surface area contributed by atoms with E-state index in [0.29, 0.717) is 27.9 Å². The number of aromatic nitrogens is 2. The van der Waals surface area contributed by atoms with Gasteiger partial charge >= 0.3 is 5.97 Å². The summed E-state index contributed by atoms with van der Waals surface area (Å²) in [6, 6.07) is 19.7. The van der Waals surface area contributed by atoms with Crippen LogP contribution in [0.2, 0.25) is 5.02 Å². The van der Waals surface area contributed by atoms with E-state index >= 15 is 0 Å². The maximum atomic E-state index is 13.4. The van der Waals surface area contributed by atoms with Crippen LogP contribution in [0.15, 0.2) is 83.8 Å². The van der Waals surface area contributed by atoms with Crippen LogP contribution in [-0.2, 0) is 0 Å². The summed E-state index contributed by atoms with van der Waals surface area (Å²) in [4.78, 5) is 24.8. The molecule has 4 aromatic rings. The summed E-state index contributed by atoms with van der Waals surface area (Å²) in [5.74, 6) is 0.0499. The molecule has 0 fully saturated rings. The smallest absolute Gasteiger partial charge is 0.335 e. The lowest BCUT2D eigenvalue weighted by Gasteiger charge is -2.15. The van der Waals surface area contributed by atoms with Gasteiger partial charge in [-0.05, 0) is 42.5 Å². The summed E-state index contributed by atoms with van der Waals surface area (Å²) in [5, 5.41) is 16.8. The maximum absolute atomic E-state index is 13.4. The van der Waals surface area contributed by atoms with Crippen LogP contribution in [-0.4, -0.2) is 28.0 Å². The van der Waals surface area contributed by atoms with Gasteiger partial charge < -0.3 is 19.9 Å². The van der Waals surface area contributed by atoms with E-state index in [4.69, 9.17) is 21.1 Å². The predicted octanol–water partition coefficient (Wildman–Crippen LogP) is 5.13. The topological polar surface area (TPSA) is 103 Å². The third kappa shape index (κ3) is 4.81. The molecule has 0 aliphatic rings. The largest absolute Gasteiger partial charge is 0.497 e. The van der Waals surface area contributed by atoms with Crippen molar-refractivity contribution in [3.8, 4) is 22.9 Å². The Morgan fingerprint density at radius 2 is 1.79 bits per heavy atom. The van der Waals surface area contributed by atoms with Crippen LogP contribution in [0.25, 0.3) is 5.69 Å². The van der Waals surface area contributed by atoms with Crippen LogP contribution < -0.4 is 20.3 Å². The molecule has 0 saturated heterocycles. The Balaban J connectivity index is 1.83. The molecule has 3 aromatic carbocycles. The zero-order chi connectivity index (χ0) is 23.4. The molecule has 8 nitrogen and oxygen atoms in total. The molecular formula is C24H18ClN3O5. The van der Waals surface area contributed by atoms with Gasteiger partial charge in [-0.1, -0.05) is 35.9 Å². The number of rotatable bonds is 7. The van der Waals surface area contributed by atoms with Gasteiger partial charge in [0.2, 0.25) is 0 Å². The van der Waals surface area contributed by atoms with E-state index < -0.39 is 11.5 Å². The average Bonchev–Trinajstić information content (AvgIpc) is 2.82. The van der Waals surface area contributed by atoms with Gasteiger partial charge in [0.1, 0.15) is 11.5 Å². The SMILES string of the molecule is COc1cccc(Oc2cnn(-c3ccccc3Cl)c(=O)c2Nc2cccc(C(=O)O)c2)c1. The number of aromatic carboxylic acids is 1. The molecule has 0 aliphatic carbocycles. The fourth-order valence-corrected chi connectivity index (χ4v) is 3.31. The van der Waals surface area contributed by atoms with Gasteiger partial charge in [-0.3, -0.25) is 4.79 Å². The van der Waals surface area contributed by atoms with Gasteiger partial charge in [-0.2, -0.15) is 9.78 Å². The van der Waals surface area contributed by atoms with Gasteiger partial charge in [0, 0.05) is 11.8 Å². The minimum Gasteiger partial charge on any atom is -0.497 e. The van der Waals surface area contributed by atoms with Crippen molar-refractivity contribution in [2.24, 2.45) is 0 Å². The molecule has 0 aliphatic heterocycles. The minimum atomic E-state index is -1.09. The van der Waals surface area contributed by atoms with E-state index in [1.807, 2.05) is 0 Å². The number of para-hydroxylation sites is 1. The average molecular weight is 464 g/mol. The fraction of sp³-hybridized carbons (Fsp3) is 0.0417. The number of benzene rings is 3. The number of carboxylic acid groups (broad SMARTS) is 1. The number of nitrogens with one attached hydrogen (secondary N) is 1. The number of methoxy groups -OCH3 is 1. The molecule has 0 radical (unpaired) electrons. The minimum absolute atomic E-state index is 0.0512. The van der Waals surface area contributed by atoms with Crippen molar-refractivity contribution < 1.29 is 19.4 Å². The quantitative estimate of drug-likeness (QED) is 0.391. The number of carboxylic acids is 1. The zero-order valence-electron chi connectivity index (χ0n) is 17.4. The third-order valence-corrected chi connectivity index (χ3v) is 4.99. The Bertz CT molecular complexity index is 1390. The second kappa shape index (κ2) is 9.46. The van der Waals surface area contributed by atoms with E-state index in [9.17, 15) is 14.7 Å². The van der Waals surface area contributed by atoms with Crippen LogP contribution in [0.3, 0.4) is 0 Å². The van der Waals surface area contributed by atoms with Crippen molar-refractivity contribution in [3.63, 3.8) is 0 Å². The number of ether oxygens (including phenoxy) is 2. The molecule has 33 heavy (non-hydrogen) atoms. The molecule has 4 rings (SSSR count). The highest BCUT2D eigenvalue weighted by atomic mass is 35.5. The number of halogens is 1. The van der Waals surface area contributed by atoms with Crippen molar-refractivity contribution in [2.45, 2.75) is 0 Å². The fourth-order valence-electron chi connectivity index (χ4n) is 3.09. The molecule has 9 heteroatoms.